The van der Waals surface area contributed by atoms with Gasteiger partial charge in [-0.2, -0.15) is 0 Å². The highest BCUT2D eigenvalue weighted by molar-refractivity contribution is 6.03. The fourth-order valence-electron chi connectivity index (χ4n) is 2.69. The Morgan fingerprint density at radius 2 is 1.92 bits per heavy atom. The van der Waals surface area contributed by atoms with Gasteiger partial charge in [-0.15, -0.1) is 0 Å². The van der Waals surface area contributed by atoms with Gasteiger partial charge in [-0.05, 0) is 55.7 Å². The van der Waals surface area contributed by atoms with Gasteiger partial charge in [0.25, 0.3) is 5.91 Å². The quantitative estimate of drug-likeness (QED) is 0.789. The molecule has 2 aromatic rings. The van der Waals surface area contributed by atoms with Crippen LogP contribution in [0.15, 0.2) is 41.0 Å². The number of nitrogens with two attached hydrogens (primary N) is 1. The van der Waals surface area contributed by atoms with E-state index in [-0.39, 0.29) is 17.6 Å². The van der Waals surface area contributed by atoms with Gasteiger partial charge in [-0.25, -0.2) is 0 Å². The molecule has 132 valence electrons. The van der Waals surface area contributed by atoms with Crippen molar-refractivity contribution < 1.29 is 18.7 Å². The molecule has 0 aliphatic carbocycles. The molecular formula is C18H21N3O4. The molecule has 3 rings (SSSR count). The van der Waals surface area contributed by atoms with Crippen LogP contribution >= 0.6 is 0 Å². The number of furan rings is 1. The second kappa shape index (κ2) is 7.08. The average Bonchev–Trinajstić information content (AvgIpc) is 3.12. The lowest BCUT2D eigenvalue weighted by atomic mass is 9.90. The molecule has 0 atom stereocenters. The Morgan fingerprint density at radius 3 is 2.56 bits per heavy atom. The van der Waals surface area contributed by atoms with Crippen LogP contribution in [0.5, 0.6) is 0 Å². The van der Waals surface area contributed by atoms with Crippen molar-refractivity contribution in [1.82, 2.24) is 0 Å². The molecule has 1 aliphatic heterocycles. The predicted molar refractivity (Wildman–Crippen MR) is 93.4 cm³/mol. The average molecular weight is 343 g/mol. The molecule has 0 unspecified atom stereocenters. The number of amides is 2. The molecule has 7 heteroatoms. The minimum atomic E-state index is -0.904. The first kappa shape index (κ1) is 17.2. The molecule has 7 nitrogen and oxygen atoms in total. The third-order valence-corrected chi connectivity index (χ3v) is 4.31. The van der Waals surface area contributed by atoms with E-state index in [9.17, 15) is 9.59 Å². The fraction of sp³-hybridized carbons (Fsp3) is 0.333. The molecule has 4 N–H and O–H groups in total. The van der Waals surface area contributed by atoms with Crippen molar-refractivity contribution in [3.8, 4) is 0 Å². The molecule has 1 aromatic heterocycles. The van der Waals surface area contributed by atoms with Gasteiger partial charge >= 0.3 is 0 Å². The van der Waals surface area contributed by atoms with E-state index in [2.05, 4.69) is 10.6 Å². The van der Waals surface area contributed by atoms with Crippen molar-refractivity contribution in [2.75, 3.05) is 23.8 Å². The molecule has 1 aliphatic rings. The lowest BCUT2D eigenvalue weighted by Gasteiger charge is -2.31. The first-order valence-corrected chi connectivity index (χ1v) is 8.11. The maximum Gasteiger partial charge on any atom is 0.291 e. The van der Waals surface area contributed by atoms with Crippen LogP contribution in [0.3, 0.4) is 0 Å². The second-order valence-electron chi connectivity index (χ2n) is 6.18. The monoisotopic (exact) mass is 343 g/mol. The Bertz CT molecular complexity index is 765. The summed E-state index contributed by atoms with van der Waals surface area (Å²) in [4.78, 5) is 24.5. The van der Waals surface area contributed by atoms with E-state index < -0.39 is 5.54 Å². The number of nitrogens with one attached hydrogen (secondary N) is 2. The van der Waals surface area contributed by atoms with Crippen LogP contribution in [-0.2, 0) is 9.53 Å². The SMILES string of the molecule is Cc1cc(NC(=O)C2(N)CCOCC2)ccc1NC(=O)c1ccco1. The summed E-state index contributed by atoms with van der Waals surface area (Å²) >= 11 is 0. The number of ether oxygens (including phenoxy) is 1. The number of rotatable bonds is 4. The standard InChI is InChI=1S/C18H21N3O4/c1-12-11-13(20-17(23)18(19)6-9-24-10-7-18)4-5-14(12)21-16(22)15-3-2-8-25-15/h2-5,8,11H,6-7,9-10,19H2,1H3,(H,20,23)(H,21,22). The topological polar surface area (TPSA) is 107 Å². The van der Waals surface area contributed by atoms with E-state index in [1.165, 1.54) is 6.26 Å². The summed E-state index contributed by atoms with van der Waals surface area (Å²) in [6.07, 6.45) is 2.43. The molecule has 1 aromatic carbocycles. The maximum absolute atomic E-state index is 12.4. The van der Waals surface area contributed by atoms with Crippen LogP contribution in [0.25, 0.3) is 0 Å². The van der Waals surface area contributed by atoms with E-state index in [4.69, 9.17) is 14.9 Å². The molecule has 2 heterocycles. The molecule has 1 fully saturated rings. The summed E-state index contributed by atoms with van der Waals surface area (Å²) < 4.78 is 10.3. The Kier molecular flexibility index (Phi) is 4.87. The second-order valence-corrected chi connectivity index (χ2v) is 6.18. The zero-order valence-corrected chi connectivity index (χ0v) is 14.0. The zero-order valence-electron chi connectivity index (χ0n) is 14.0. The van der Waals surface area contributed by atoms with Crippen molar-refractivity contribution in [2.24, 2.45) is 5.73 Å². The van der Waals surface area contributed by atoms with Gasteiger partial charge in [0.05, 0.1) is 6.26 Å². The summed E-state index contributed by atoms with van der Waals surface area (Å²) in [6.45, 7) is 2.82. The molecule has 0 radical (unpaired) electrons. The summed E-state index contributed by atoms with van der Waals surface area (Å²) in [5.74, 6) is -0.308. The van der Waals surface area contributed by atoms with Crippen molar-refractivity contribution in [1.29, 1.82) is 0 Å². The van der Waals surface area contributed by atoms with Crippen molar-refractivity contribution in [2.45, 2.75) is 25.3 Å². The summed E-state index contributed by atoms with van der Waals surface area (Å²) in [5.41, 5.74) is 7.37. The van der Waals surface area contributed by atoms with Crippen LogP contribution in [0.1, 0.15) is 29.0 Å². The number of carbonyl (C=O) groups is 2. The highest BCUT2D eigenvalue weighted by Gasteiger charge is 2.35. The number of aryl methyl sites for hydroxylation is 1. The minimum absolute atomic E-state index is 0.220. The Hall–Kier alpha value is -2.64. The van der Waals surface area contributed by atoms with Crippen molar-refractivity contribution >= 4 is 23.2 Å². The third kappa shape index (κ3) is 3.89. The van der Waals surface area contributed by atoms with Gasteiger partial charge in [0.1, 0.15) is 5.54 Å². The van der Waals surface area contributed by atoms with Crippen molar-refractivity contribution in [3.05, 3.63) is 47.9 Å². The van der Waals surface area contributed by atoms with E-state index in [1.54, 1.807) is 30.3 Å². The molecular weight excluding hydrogens is 322 g/mol. The number of hydrogen-bond acceptors (Lipinski definition) is 5. The highest BCUT2D eigenvalue weighted by atomic mass is 16.5. The fourth-order valence-corrected chi connectivity index (χ4v) is 2.69. The molecule has 1 saturated heterocycles. The van der Waals surface area contributed by atoms with Gasteiger partial charge in [0, 0.05) is 24.6 Å². The Balaban J connectivity index is 1.67. The number of carbonyl (C=O) groups excluding carboxylic acids is 2. The van der Waals surface area contributed by atoms with Gasteiger partial charge in [-0.1, -0.05) is 0 Å². The zero-order chi connectivity index (χ0) is 17.9. The van der Waals surface area contributed by atoms with Crippen LogP contribution in [-0.4, -0.2) is 30.6 Å². The van der Waals surface area contributed by atoms with Crippen molar-refractivity contribution in [3.63, 3.8) is 0 Å². The summed E-state index contributed by atoms with van der Waals surface area (Å²) in [5, 5.41) is 5.63. The van der Waals surface area contributed by atoms with Crippen LogP contribution in [0, 0.1) is 6.92 Å². The normalized spacial score (nSPS) is 16.2. The Labute approximate surface area is 145 Å². The molecule has 2 amide bonds. The number of anilines is 2. The van der Waals surface area contributed by atoms with Gasteiger partial charge in [0.2, 0.25) is 5.91 Å². The van der Waals surface area contributed by atoms with E-state index in [1.807, 2.05) is 6.92 Å². The number of hydrogen-bond donors (Lipinski definition) is 3. The molecule has 0 bridgehead atoms. The van der Waals surface area contributed by atoms with E-state index >= 15 is 0 Å². The van der Waals surface area contributed by atoms with Gasteiger partial charge < -0.3 is 25.5 Å². The molecule has 0 saturated carbocycles. The smallest absolute Gasteiger partial charge is 0.291 e. The highest BCUT2D eigenvalue weighted by Crippen LogP contribution is 2.23. The van der Waals surface area contributed by atoms with Crippen LogP contribution in [0.4, 0.5) is 11.4 Å². The van der Waals surface area contributed by atoms with Crippen LogP contribution < -0.4 is 16.4 Å². The lowest BCUT2D eigenvalue weighted by molar-refractivity contribution is -0.124. The minimum Gasteiger partial charge on any atom is -0.459 e. The largest absolute Gasteiger partial charge is 0.459 e. The number of benzene rings is 1. The van der Waals surface area contributed by atoms with Crippen LogP contribution in [0.2, 0.25) is 0 Å². The van der Waals surface area contributed by atoms with Gasteiger partial charge in [0.15, 0.2) is 5.76 Å². The maximum atomic E-state index is 12.4. The van der Waals surface area contributed by atoms with E-state index in [0.717, 1.165) is 5.56 Å². The third-order valence-electron chi connectivity index (χ3n) is 4.31. The molecule has 0 spiro atoms. The molecule has 25 heavy (non-hydrogen) atoms. The predicted octanol–water partition coefficient (Wildman–Crippen LogP) is 2.29. The summed E-state index contributed by atoms with van der Waals surface area (Å²) in [6, 6.07) is 8.50. The summed E-state index contributed by atoms with van der Waals surface area (Å²) in [7, 11) is 0. The first-order valence-electron chi connectivity index (χ1n) is 8.11. The lowest BCUT2D eigenvalue weighted by Crippen LogP contribution is -2.54. The first-order chi connectivity index (χ1) is 12.0. The van der Waals surface area contributed by atoms with E-state index in [0.29, 0.717) is 37.4 Å². The van der Waals surface area contributed by atoms with Gasteiger partial charge in [-0.3, -0.25) is 9.59 Å². The Morgan fingerprint density at radius 1 is 1.16 bits per heavy atom.